The first kappa shape index (κ1) is 25.5. The highest BCUT2D eigenvalue weighted by Crippen LogP contribution is 1.99. The molecule has 4 nitrogen and oxygen atoms in total. The predicted molar refractivity (Wildman–Crippen MR) is 103 cm³/mol. The lowest BCUT2D eigenvalue weighted by molar-refractivity contribution is 0.0364. The zero-order valence-electron chi connectivity index (χ0n) is 14.4. The van der Waals surface area contributed by atoms with Crippen molar-refractivity contribution in [2.45, 2.75) is 40.5 Å². The maximum atomic E-state index is 5.31. The minimum Gasteiger partial charge on any atom is -0.379 e. The fraction of sp³-hybridized carbons (Fsp3) is 1.00. The molecule has 1 heterocycles. The topological polar surface area (TPSA) is 41.7 Å². The van der Waals surface area contributed by atoms with Crippen LogP contribution in [0.1, 0.15) is 42.0 Å². The van der Waals surface area contributed by atoms with Crippen molar-refractivity contribution in [3.8, 4) is 0 Å². The van der Waals surface area contributed by atoms with E-state index in [0.29, 0.717) is 0 Å². The molecule has 0 aliphatic carbocycles. The Balaban J connectivity index is -0.000000184. The van der Waals surface area contributed by atoms with E-state index in [1.807, 2.05) is 20.8 Å². The zero-order chi connectivity index (χ0) is 14.9. The van der Waals surface area contributed by atoms with Gasteiger partial charge in [-0.2, -0.15) is 0 Å². The SMILES string of the molecule is CC.CCCN(C)CCCN1CCOCC1.CCN.I.[HH]. The Kier molecular flexibility index (Phi) is 27.9. The van der Waals surface area contributed by atoms with Gasteiger partial charge < -0.3 is 15.4 Å². The third-order valence-corrected chi connectivity index (χ3v) is 2.72. The summed E-state index contributed by atoms with van der Waals surface area (Å²) >= 11 is 0. The van der Waals surface area contributed by atoms with E-state index in [1.54, 1.807) is 0 Å². The van der Waals surface area contributed by atoms with Crippen molar-refractivity contribution in [3.63, 3.8) is 0 Å². The van der Waals surface area contributed by atoms with Gasteiger partial charge in [-0.25, -0.2) is 0 Å². The molecule has 2 N–H and O–H groups in total. The van der Waals surface area contributed by atoms with Gasteiger partial charge in [0.15, 0.2) is 0 Å². The minimum absolute atomic E-state index is 0. The molecule has 20 heavy (non-hydrogen) atoms. The van der Waals surface area contributed by atoms with Gasteiger partial charge >= 0.3 is 0 Å². The lowest BCUT2D eigenvalue weighted by Gasteiger charge is -2.27. The van der Waals surface area contributed by atoms with Crippen LogP contribution in [-0.2, 0) is 4.74 Å². The highest BCUT2D eigenvalue weighted by Gasteiger charge is 2.09. The maximum Gasteiger partial charge on any atom is 0.0594 e. The Hall–Kier alpha value is 0.570. The van der Waals surface area contributed by atoms with Crippen LogP contribution < -0.4 is 5.73 Å². The van der Waals surface area contributed by atoms with Crippen molar-refractivity contribution in [2.24, 2.45) is 5.73 Å². The van der Waals surface area contributed by atoms with Gasteiger partial charge in [0.2, 0.25) is 0 Å². The van der Waals surface area contributed by atoms with Crippen LogP contribution in [0.5, 0.6) is 0 Å². The number of rotatable bonds is 6. The second kappa shape index (κ2) is 21.9. The summed E-state index contributed by atoms with van der Waals surface area (Å²) in [4.78, 5) is 4.92. The molecular formula is C15H40IN3O. The molecule has 0 bridgehead atoms. The molecule has 0 amide bonds. The molecule has 1 aliphatic rings. The molecule has 0 unspecified atom stereocenters. The quantitative estimate of drug-likeness (QED) is 0.690. The van der Waals surface area contributed by atoms with E-state index in [1.165, 1.54) is 32.5 Å². The lowest BCUT2D eigenvalue weighted by atomic mass is 10.3. The number of morpholine rings is 1. The molecule has 0 aromatic carbocycles. The summed E-state index contributed by atoms with van der Waals surface area (Å²) in [7, 11) is 2.21. The fourth-order valence-corrected chi connectivity index (χ4v) is 1.88. The molecule has 1 rings (SSSR count). The van der Waals surface area contributed by atoms with Gasteiger partial charge in [-0.15, -0.1) is 24.0 Å². The number of ether oxygens (including phenoxy) is 1. The van der Waals surface area contributed by atoms with Crippen LogP contribution in [0.4, 0.5) is 0 Å². The average molecular weight is 405 g/mol. The second-order valence-corrected chi connectivity index (χ2v) is 4.52. The van der Waals surface area contributed by atoms with Crippen molar-refractivity contribution in [2.75, 3.05) is 59.5 Å². The van der Waals surface area contributed by atoms with Gasteiger partial charge in [-0.3, -0.25) is 4.90 Å². The Morgan fingerprint density at radius 1 is 1.15 bits per heavy atom. The molecule has 0 atom stereocenters. The van der Waals surface area contributed by atoms with Crippen LogP contribution in [-0.4, -0.2) is 69.3 Å². The van der Waals surface area contributed by atoms with Crippen LogP contribution in [0.2, 0.25) is 0 Å². The third kappa shape index (κ3) is 18.6. The van der Waals surface area contributed by atoms with Crippen molar-refractivity contribution in [1.82, 2.24) is 9.80 Å². The summed E-state index contributed by atoms with van der Waals surface area (Å²) in [5, 5.41) is 0. The van der Waals surface area contributed by atoms with E-state index in [0.717, 1.165) is 32.8 Å². The summed E-state index contributed by atoms with van der Waals surface area (Å²) in [6, 6.07) is 0. The van der Waals surface area contributed by atoms with Crippen LogP contribution in [0.15, 0.2) is 0 Å². The van der Waals surface area contributed by atoms with Gasteiger partial charge in [-0.1, -0.05) is 27.7 Å². The summed E-state index contributed by atoms with van der Waals surface area (Å²) in [6.45, 7) is 16.7. The highest BCUT2D eigenvalue weighted by atomic mass is 127. The largest absolute Gasteiger partial charge is 0.379 e. The molecule has 0 radical (unpaired) electrons. The fourth-order valence-electron chi connectivity index (χ4n) is 1.88. The summed E-state index contributed by atoms with van der Waals surface area (Å²) in [6.07, 6.45) is 2.55. The summed E-state index contributed by atoms with van der Waals surface area (Å²) < 4.78 is 5.31. The Morgan fingerprint density at radius 2 is 1.65 bits per heavy atom. The van der Waals surface area contributed by atoms with Crippen LogP contribution >= 0.6 is 24.0 Å². The number of nitrogens with two attached hydrogens (primary N) is 1. The molecule has 1 aliphatic heterocycles. The van der Waals surface area contributed by atoms with E-state index in [4.69, 9.17) is 10.5 Å². The standard InChI is InChI=1S/C11H24N2O.C2H7N.C2H6.HI.H2/c1-3-5-12(2)6-4-7-13-8-10-14-11-9-13;1-2-3;1-2;;/h3-11H2,1-2H3;2-3H2,1H3;1-2H3;2*1H. The number of halogens is 1. The monoisotopic (exact) mass is 405 g/mol. The second-order valence-electron chi connectivity index (χ2n) is 4.52. The Bertz CT molecular complexity index is 162. The first-order valence-electron chi connectivity index (χ1n) is 7.93. The van der Waals surface area contributed by atoms with E-state index in [2.05, 4.69) is 23.8 Å². The van der Waals surface area contributed by atoms with Gasteiger partial charge in [0, 0.05) is 14.5 Å². The maximum absolute atomic E-state index is 5.31. The highest BCUT2D eigenvalue weighted by molar-refractivity contribution is 14.0. The first-order chi connectivity index (χ1) is 9.24. The summed E-state index contributed by atoms with van der Waals surface area (Å²) in [5.41, 5.74) is 4.85. The van der Waals surface area contributed by atoms with Crippen molar-refractivity contribution in [1.29, 1.82) is 0 Å². The molecule has 0 aromatic heterocycles. The third-order valence-electron chi connectivity index (χ3n) is 2.72. The van der Waals surface area contributed by atoms with Crippen LogP contribution in [0.3, 0.4) is 0 Å². The average Bonchev–Trinajstić information content (AvgIpc) is 2.43. The van der Waals surface area contributed by atoms with Crippen molar-refractivity contribution < 1.29 is 6.16 Å². The molecular weight excluding hydrogens is 365 g/mol. The van der Waals surface area contributed by atoms with Gasteiger partial charge in [0.05, 0.1) is 13.2 Å². The Morgan fingerprint density at radius 3 is 2.10 bits per heavy atom. The molecule has 5 heteroatoms. The molecule has 1 fully saturated rings. The zero-order valence-corrected chi connectivity index (χ0v) is 16.7. The number of nitrogens with zero attached hydrogens (tertiary/aromatic N) is 2. The smallest absolute Gasteiger partial charge is 0.0594 e. The molecule has 1 saturated heterocycles. The van der Waals surface area contributed by atoms with Gasteiger partial charge in [0.25, 0.3) is 0 Å². The van der Waals surface area contributed by atoms with E-state index < -0.39 is 0 Å². The molecule has 0 spiro atoms. The summed E-state index contributed by atoms with van der Waals surface area (Å²) in [5.74, 6) is 0. The normalized spacial score (nSPS) is 14.6. The lowest BCUT2D eigenvalue weighted by Crippen LogP contribution is -2.37. The van der Waals surface area contributed by atoms with E-state index in [-0.39, 0.29) is 25.4 Å². The minimum atomic E-state index is 0. The van der Waals surface area contributed by atoms with E-state index in [9.17, 15) is 0 Å². The molecule has 128 valence electrons. The van der Waals surface area contributed by atoms with Gasteiger partial charge in [-0.05, 0) is 46.1 Å². The van der Waals surface area contributed by atoms with Crippen LogP contribution in [0, 0.1) is 0 Å². The Labute approximate surface area is 145 Å². The van der Waals surface area contributed by atoms with Gasteiger partial charge in [0.1, 0.15) is 0 Å². The first-order valence-corrected chi connectivity index (χ1v) is 7.93. The predicted octanol–water partition coefficient (Wildman–Crippen LogP) is 2.91. The number of hydrogen-bond acceptors (Lipinski definition) is 4. The van der Waals surface area contributed by atoms with Crippen molar-refractivity contribution >= 4 is 24.0 Å². The van der Waals surface area contributed by atoms with Crippen LogP contribution in [0.25, 0.3) is 0 Å². The van der Waals surface area contributed by atoms with E-state index >= 15 is 0 Å². The number of hydrogen-bond donors (Lipinski definition) is 1. The molecule has 0 saturated carbocycles. The van der Waals surface area contributed by atoms with Crippen molar-refractivity contribution in [3.05, 3.63) is 0 Å². The molecule has 0 aromatic rings.